The first-order chi connectivity index (χ1) is 15.7. The van der Waals surface area contributed by atoms with Crippen molar-refractivity contribution in [3.63, 3.8) is 0 Å². The van der Waals surface area contributed by atoms with E-state index in [-0.39, 0.29) is 25.0 Å². The molecule has 1 saturated heterocycles. The number of carbonyl (C=O) groups is 3. The van der Waals surface area contributed by atoms with Gasteiger partial charge in [-0.25, -0.2) is 4.79 Å². The molecule has 1 unspecified atom stereocenters. The summed E-state index contributed by atoms with van der Waals surface area (Å²) in [5.41, 5.74) is 3.26. The quantitative estimate of drug-likeness (QED) is 0.725. The third-order valence-electron chi connectivity index (χ3n) is 6.51. The van der Waals surface area contributed by atoms with Crippen LogP contribution in [0.3, 0.4) is 0 Å². The number of rotatable bonds is 5. The Morgan fingerprint density at radius 1 is 1.03 bits per heavy atom. The van der Waals surface area contributed by atoms with Gasteiger partial charge in [-0.05, 0) is 43.1 Å². The van der Waals surface area contributed by atoms with Crippen molar-refractivity contribution in [1.82, 2.24) is 15.1 Å². The number of fused-ring (bicyclic) bond motifs is 3. The number of aliphatic carboxylic acids is 1. The Bertz CT molecular complexity index is 1040. The Morgan fingerprint density at radius 3 is 2.18 bits per heavy atom. The summed E-state index contributed by atoms with van der Waals surface area (Å²) in [6, 6.07) is 15.4. The molecule has 1 fully saturated rings. The summed E-state index contributed by atoms with van der Waals surface area (Å²) in [5, 5.41) is 12.1. The molecule has 1 aliphatic carbocycles. The number of nitrogens with one attached hydrogen (secondary N) is 1. The molecular formula is C25H29N3O5. The zero-order valence-corrected chi connectivity index (χ0v) is 19.1. The molecule has 1 heterocycles. The maximum absolute atomic E-state index is 13.1. The zero-order chi connectivity index (χ0) is 23.8. The number of nitrogens with zero attached hydrogens (tertiary/aromatic N) is 2. The molecule has 0 radical (unpaired) electrons. The van der Waals surface area contributed by atoms with Gasteiger partial charge in [0.05, 0.1) is 0 Å². The van der Waals surface area contributed by atoms with Gasteiger partial charge in [-0.2, -0.15) is 0 Å². The van der Waals surface area contributed by atoms with Crippen LogP contribution in [0.5, 0.6) is 0 Å². The Kier molecular flexibility index (Phi) is 6.12. The van der Waals surface area contributed by atoms with E-state index in [9.17, 15) is 19.5 Å². The van der Waals surface area contributed by atoms with Crippen molar-refractivity contribution in [3.8, 4) is 11.1 Å². The van der Waals surface area contributed by atoms with Gasteiger partial charge in [0.15, 0.2) is 0 Å². The van der Waals surface area contributed by atoms with Gasteiger partial charge in [0.25, 0.3) is 0 Å². The van der Waals surface area contributed by atoms with E-state index in [1.165, 1.54) is 4.90 Å². The zero-order valence-electron chi connectivity index (χ0n) is 19.1. The predicted molar refractivity (Wildman–Crippen MR) is 123 cm³/mol. The van der Waals surface area contributed by atoms with Crippen LogP contribution < -0.4 is 5.32 Å². The lowest BCUT2D eigenvalue weighted by Crippen LogP contribution is -2.62. The fraction of sp³-hybridized carbons (Fsp3) is 0.400. The van der Waals surface area contributed by atoms with Gasteiger partial charge in [-0.1, -0.05) is 48.5 Å². The Labute approximate surface area is 193 Å². The van der Waals surface area contributed by atoms with E-state index in [0.29, 0.717) is 13.1 Å². The second-order valence-corrected chi connectivity index (χ2v) is 9.16. The minimum Gasteiger partial charge on any atom is -0.480 e. The summed E-state index contributed by atoms with van der Waals surface area (Å²) >= 11 is 0. The molecule has 1 aliphatic heterocycles. The second kappa shape index (κ2) is 8.86. The SMILES string of the molecule is CN1CCN(C(=O)C(C)(C)NC(=O)OCC2c3ccccc3-c3ccccc32)CC1C(=O)O. The van der Waals surface area contributed by atoms with Gasteiger partial charge < -0.3 is 20.1 Å². The van der Waals surface area contributed by atoms with Crippen molar-refractivity contribution in [2.75, 3.05) is 33.3 Å². The largest absolute Gasteiger partial charge is 0.480 e. The number of likely N-dealkylation sites (N-methyl/N-ethyl adjacent to an activating group) is 1. The first-order valence-corrected chi connectivity index (χ1v) is 11.0. The molecule has 8 nitrogen and oxygen atoms in total. The number of ether oxygens (including phenoxy) is 1. The summed E-state index contributed by atoms with van der Waals surface area (Å²) in [5.74, 6) is -1.39. The molecule has 2 amide bonds. The van der Waals surface area contributed by atoms with Crippen LogP contribution in [0, 0.1) is 0 Å². The van der Waals surface area contributed by atoms with Crippen molar-refractivity contribution < 1.29 is 24.2 Å². The first-order valence-electron chi connectivity index (χ1n) is 11.0. The molecule has 0 spiro atoms. The normalized spacial score (nSPS) is 18.4. The van der Waals surface area contributed by atoms with Crippen LogP contribution in [0.1, 0.15) is 30.9 Å². The van der Waals surface area contributed by atoms with Crippen molar-refractivity contribution in [3.05, 3.63) is 59.7 Å². The molecule has 0 bridgehead atoms. The molecule has 4 rings (SSSR count). The number of hydrogen-bond acceptors (Lipinski definition) is 5. The standard InChI is InChI=1S/C25H29N3O5/c1-25(2,23(31)28-13-12-27(3)21(14-28)22(29)30)26-24(32)33-15-20-18-10-6-4-8-16(18)17-9-5-7-11-19(17)20/h4-11,20-21H,12-15H2,1-3H3,(H,26,32)(H,29,30). The van der Waals surface area contributed by atoms with Crippen molar-refractivity contribution >= 4 is 18.0 Å². The number of piperazine rings is 1. The van der Waals surface area contributed by atoms with Gasteiger partial charge >= 0.3 is 12.1 Å². The fourth-order valence-electron chi connectivity index (χ4n) is 4.66. The predicted octanol–water partition coefficient (Wildman–Crippen LogP) is 2.53. The molecule has 0 aromatic heterocycles. The third-order valence-corrected chi connectivity index (χ3v) is 6.51. The molecule has 174 valence electrons. The van der Waals surface area contributed by atoms with Gasteiger partial charge in [0.1, 0.15) is 18.2 Å². The maximum atomic E-state index is 13.1. The smallest absolute Gasteiger partial charge is 0.408 e. The molecule has 2 aromatic carbocycles. The number of benzene rings is 2. The molecule has 33 heavy (non-hydrogen) atoms. The van der Waals surface area contributed by atoms with Crippen LogP contribution in [-0.2, 0) is 14.3 Å². The van der Waals surface area contributed by atoms with Crippen LogP contribution in [0.2, 0.25) is 0 Å². The second-order valence-electron chi connectivity index (χ2n) is 9.16. The lowest BCUT2D eigenvalue weighted by atomic mass is 9.98. The van der Waals surface area contributed by atoms with E-state index < -0.39 is 23.6 Å². The topological polar surface area (TPSA) is 99.2 Å². The number of hydrogen-bond donors (Lipinski definition) is 2. The minimum absolute atomic E-state index is 0.0699. The van der Waals surface area contributed by atoms with Crippen LogP contribution in [0.15, 0.2) is 48.5 Å². The summed E-state index contributed by atoms with van der Waals surface area (Å²) < 4.78 is 5.57. The van der Waals surface area contributed by atoms with E-state index in [1.807, 2.05) is 36.4 Å². The molecule has 2 N–H and O–H groups in total. The van der Waals surface area contributed by atoms with Crippen molar-refractivity contribution in [2.24, 2.45) is 0 Å². The number of amides is 2. The number of carboxylic acid groups (broad SMARTS) is 1. The van der Waals surface area contributed by atoms with E-state index in [1.54, 1.807) is 25.8 Å². The van der Waals surface area contributed by atoms with E-state index in [4.69, 9.17) is 4.74 Å². The number of carboxylic acids is 1. The van der Waals surface area contributed by atoms with Crippen LogP contribution >= 0.6 is 0 Å². The lowest BCUT2D eigenvalue weighted by molar-refractivity contribution is -0.149. The third kappa shape index (κ3) is 4.43. The summed E-state index contributed by atoms with van der Waals surface area (Å²) in [7, 11) is 1.72. The Balaban J connectivity index is 1.40. The van der Waals surface area contributed by atoms with E-state index >= 15 is 0 Å². The monoisotopic (exact) mass is 451 g/mol. The molecule has 1 atom stereocenters. The number of carbonyl (C=O) groups excluding carboxylic acids is 2. The van der Waals surface area contributed by atoms with Crippen LogP contribution in [0.4, 0.5) is 4.79 Å². The van der Waals surface area contributed by atoms with E-state index in [2.05, 4.69) is 17.4 Å². The maximum Gasteiger partial charge on any atom is 0.408 e. The highest BCUT2D eigenvalue weighted by atomic mass is 16.5. The van der Waals surface area contributed by atoms with Crippen LogP contribution in [0.25, 0.3) is 11.1 Å². The van der Waals surface area contributed by atoms with Gasteiger partial charge in [0, 0.05) is 25.6 Å². The number of alkyl carbamates (subject to hydrolysis) is 1. The Hall–Kier alpha value is -3.39. The summed E-state index contributed by atoms with van der Waals surface area (Å²) in [6.07, 6.45) is -0.681. The molecule has 2 aliphatic rings. The summed E-state index contributed by atoms with van der Waals surface area (Å²) in [4.78, 5) is 40.4. The van der Waals surface area contributed by atoms with Crippen molar-refractivity contribution in [2.45, 2.75) is 31.3 Å². The average molecular weight is 452 g/mol. The van der Waals surface area contributed by atoms with Gasteiger partial charge in [-0.15, -0.1) is 0 Å². The van der Waals surface area contributed by atoms with Crippen molar-refractivity contribution in [1.29, 1.82) is 0 Å². The highest BCUT2D eigenvalue weighted by Crippen LogP contribution is 2.44. The van der Waals surface area contributed by atoms with E-state index in [0.717, 1.165) is 22.3 Å². The molecule has 0 saturated carbocycles. The van der Waals surface area contributed by atoms with Gasteiger partial charge in [0.2, 0.25) is 5.91 Å². The molecular weight excluding hydrogens is 422 g/mol. The highest BCUT2D eigenvalue weighted by molar-refractivity contribution is 5.90. The highest BCUT2D eigenvalue weighted by Gasteiger charge is 2.39. The molecule has 2 aromatic rings. The first kappa shape index (κ1) is 22.8. The lowest BCUT2D eigenvalue weighted by Gasteiger charge is -2.40. The fourth-order valence-corrected chi connectivity index (χ4v) is 4.66. The summed E-state index contributed by atoms with van der Waals surface area (Å²) in [6.45, 7) is 4.27. The Morgan fingerprint density at radius 2 is 1.61 bits per heavy atom. The van der Waals surface area contributed by atoms with Crippen LogP contribution in [-0.4, -0.2) is 77.7 Å². The van der Waals surface area contributed by atoms with Gasteiger partial charge in [-0.3, -0.25) is 14.5 Å². The average Bonchev–Trinajstić information content (AvgIpc) is 3.11. The minimum atomic E-state index is -1.23. The molecule has 8 heteroatoms.